The van der Waals surface area contributed by atoms with E-state index in [4.69, 9.17) is 4.52 Å². The van der Waals surface area contributed by atoms with Gasteiger partial charge in [0, 0.05) is 58.3 Å². The smallest absolute Gasteiger partial charge is 0.219 e. The van der Waals surface area contributed by atoms with Crippen molar-refractivity contribution in [2.24, 2.45) is 5.92 Å². The largest absolute Gasteiger partial charge is 0.360 e. The minimum Gasteiger partial charge on any atom is -0.360 e. The number of carbonyl (C=O) groups excluding carboxylic acids is 1. The van der Waals surface area contributed by atoms with Crippen LogP contribution in [0.3, 0.4) is 0 Å². The van der Waals surface area contributed by atoms with Crippen LogP contribution in [0.15, 0.2) is 10.6 Å². The van der Waals surface area contributed by atoms with Crippen LogP contribution >= 0.6 is 0 Å². The number of likely N-dealkylation sites (tertiary alicyclic amines) is 1. The molecule has 2 fully saturated rings. The molecule has 6 nitrogen and oxygen atoms in total. The van der Waals surface area contributed by atoms with Crippen molar-refractivity contribution in [2.45, 2.75) is 39.8 Å². The maximum absolute atomic E-state index is 11.6. The second-order valence-corrected chi connectivity index (χ2v) is 7.07. The molecule has 3 rings (SSSR count). The molecule has 6 heteroatoms. The van der Waals surface area contributed by atoms with Gasteiger partial charge in [0.1, 0.15) is 0 Å². The normalized spacial score (nSPS) is 27.3. The Hall–Kier alpha value is -1.40. The van der Waals surface area contributed by atoms with Gasteiger partial charge in [-0.05, 0) is 19.3 Å². The molecule has 2 saturated heterocycles. The van der Waals surface area contributed by atoms with Gasteiger partial charge in [0.2, 0.25) is 5.91 Å². The van der Waals surface area contributed by atoms with E-state index in [2.05, 4.69) is 21.9 Å². The highest BCUT2D eigenvalue weighted by molar-refractivity contribution is 5.73. The summed E-state index contributed by atoms with van der Waals surface area (Å²) >= 11 is 0. The Morgan fingerprint density at radius 1 is 1.30 bits per heavy atom. The van der Waals surface area contributed by atoms with Crippen LogP contribution < -0.4 is 0 Å². The number of hydrogen-bond donors (Lipinski definition) is 0. The molecule has 0 bridgehead atoms. The second-order valence-electron chi connectivity index (χ2n) is 7.07. The molecule has 3 heterocycles. The lowest BCUT2D eigenvalue weighted by atomic mass is 10.0. The molecule has 0 aromatic carbocycles. The molecule has 0 saturated carbocycles. The van der Waals surface area contributed by atoms with Crippen LogP contribution in [0.5, 0.6) is 0 Å². The topological polar surface area (TPSA) is 52.8 Å². The summed E-state index contributed by atoms with van der Waals surface area (Å²) in [6.07, 6.45) is 1.07. The third kappa shape index (κ3) is 3.93. The van der Waals surface area contributed by atoms with Crippen molar-refractivity contribution in [3.05, 3.63) is 17.5 Å². The molecule has 2 atom stereocenters. The van der Waals surface area contributed by atoms with Gasteiger partial charge in [0.05, 0.1) is 12.2 Å². The summed E-state index contributed by atoms with van der Waals surface area (Å²) < 4.78 is 5.35. The average molecular weight is 320 g/mol. The summed E-state index contributed by atoms with van der Waals surface area (Å²) in [6.45, 7) is 12.8. The predicted octanol–water partition coefficient (Wildman–Crippen LogP) is 1.36. The highest BCUT2D eigenvalue weighted by atomic mass is 16.5. The van der Waals surface area contributed by atoms with Gasteiger partial charge in [-0.25, -0.2) is 0 Å². The van der Waals surface area contributed by atoms with E-state index >= 15 is 0 Å². The first-order valence-corrected chi connectivity index (χ1v) is 8.67. The number of hydrogen-bond acceptors (Lipinski definition) is 5. The van der Waals surface area contributed by atoms with Crippen LogP contribution in [-0.2, 0) is 11.3 Å². The van der Waals surface area contributed by atoms with E-state index in [0.717, 1.165) is 63.7 Å². The third-order valence-electron chi connectivity index (χ3n) is 5.15. The summed E-state index contributed by atoms with van der Waals surface area (Å²) in [5.41, 5.74) is 0.945. The Labute approximate surface area is 138 Å². The van der Waals surface area contributed by atoms with Gasteiger partial charge in [-0.2, -0.15) is 0 Å². The van der Waals surface area contributed by atoms with E-state index in [1.807, 2.05) is 17.9 Å². The summed E-state index contributed by atoms with van der Waals surface area (Å²) in [5.74, 6) is 1.80. The number of amides is 1. The molecular weight excluding hydrogens is 292 g/mol. The average Bonchev–Trinajstić information content (AvgIpc) is 2.96. The van der Waals surface area contributed by atoms with Gasteiger partial charge in [-0.1, -0.05) is 12.1 Å². The van der Waals surface area contributed by atoms with Crippen LogP contribution in [0.25, 0.3) is 0 Å². The zero-order valence-electron chi connectivity index (χ0n) is 14.5. The van der Waals surface area contributed by atoms with Gasteiger partial charge in [0.15, 0.2) is 5.76 Å². The lowest BCUT2D eigenvalue weighted by Gasteiger charge is -2.30. The lowest BCUT2D eigenvalue weighted by Crippen LogP contribution is -2.42. The number of aryl methyl sites for hydroxylation is 1. The standard InChI is InChI=1S/C17H28N4O2/c1-13-10-19(11-16-9-14(2)18-23-16)12-17(13)21-6-4-5-20(7-8-21)15(3)22/h9,13,17H,4-8,10-12H2,1-3H3/t13-,17-/m0/s1. The maximum atomic E-state index is 11.6. The van der Waals surface area contributed by atoms with Crippen molar-refractivity contribution in [1.29, 1.82) is 0 Å². The van der Waals surface area contributed by atoms with Crippen LogP contribution in [0, 0.1) is 12.8 Å². The van der Waals surface area contributed by atoms with E-state index in [1.165, 1.54) is 0 Å². The Morgan fingerprint density at radius 2 is 2.13 bits per heavy atom. The third-order valence-corrected chi connectivity index (χ3v) is 5.15. The van der Waals surface area contributed by atoms with Gasteiger partial charge in [-0.3, -0.25) is 14.6 Å². The number of aromatic nitrogens is 1. The molecule has 0 radical (unpaired) electrons. The molecule has 0 unspecified atom stereocenters. The van der Waals surface area contributed by atoms with Crippen molar-refractivity contribution in [1.82, 2.24) is 19.9 Å². The maximum Gasteiger partial charge on any atom is 0.219 e. The van der Waals surface area contributed by atoms with E-state index in [1.54, 1.807) is 6.92 Å². The predicted molar refractivity (Wildman–Crippen MR) is 87.9 cm³/mol. The van der Waals surface area contributed by atoms with Crippen LogP contribution in [0.2, 0.25) is 0 Å². The summed E-state index contributed by atoms with van der Waals surface area (Å²) in [6, 6.07) is 2.60. The van der Waals surface area contributed by atoms with Crippen molar-refractivity contribution >= 4 is 5.91 Å². The van der Waals surface area contributed by atoms with Crippen LogP contribution in [-0.4, -0.2) is 71.1 Å². The number of carbonyl (C=O) groups is 1. The molecular formula is C17H28N4O2. The first-order valence-electron chi connectivity index (χ1n) is 8.67. The summed E-state index contributed by atoms with van der Waals surface area (Å²) in [5, 5.41) is 3.97. The van der Waals surface area contributed by atoms with Crippen molar-refractivity contribution < 1.29 is 9.32 Å². The molecule has 0 N–H and O–H groups in total. The molecule has 0 spiro atoms. The number of nitrogens with zero attached hydrogens (tertiary/aromatic N) is 4. The molecule has 2 aliphatic rings. The SMILES string of the molecule is CC(=O)N1CCCN([C@H]2CN(Cc3cc(C)no3)C[C@@H]2C)CC1. The molecule has 1 aromatic rings. The Bertz CT molecular complexity index is 544. The molecule has 0 aliphatic carbocycles. The molecule has 23 heavy (non-hydrogen) atoms. The quantitative estimate of drug-likeness (QED) is 0.842. The monoisotopic (exact) mass is 320 g/mol. The molecule has 128 valence electrons. The number of rotatable bonds is 3. The zero-order valence-corrected chi connectivity index (χ0v) is 14.5. The summed E-state index contributed by atoms with van der Waals surface area (Å²) in [4.78, 5) is 18.6. The van der Waals surface area contributed by atoms with Gasteiger partial charge < -0.3 is 9.42 Å². The highest BCUT2D eigenvalue weighted by Crippen LogP contribution is 2.24. The first-order chi connectivity index (χ1) is 11.0. The zero-order chi connectivity index (χ0) is 16.4. The van der Waals surface area contributed by atoms with Crippen molar-refractivity contribution in [2.75, 3.05) is 39.3 Å². The Balaban J connectivity index is 1.57. The van der Waals surface area contributed by atoms with Crippen molar-refractivity contribution in [3.8, 4) is 0 Å². The summed E-state index contributed by atoms with van der Waals surface area (Å²) in [7, 11) is 0. The van der Waals surface area contributed by atoms with E-state index in [9.17, 15) is 4.79 Å². The fourth-order valence-corrected chi connectivity index (χ4v) is 3.95. The highest BCUT2D eigenvalue weighted by Gasteiger charge is 2.35. The van der Waals surface area contributed by atoms with Gasteiger partial charge >= 0.3 is 0 Å². The molecule has 2 aliphatic heterocycles. The Morgan fingerprint density at radius 3 is 2.83 bits per heavy atom. The minimum absolute atomic E-state index is 0.202. The fourth-order valence-electron chi connectivity index (χ4n) is 3.95. The van der Waals surface area contributed by atoms with E-state index in [0.29, 0.717) is 12.0 Å². The van der Waals surface area contributed by atoms with Crippen molar-refractivity contribution in [3.63, 3.8) is 0 Å². The van der Waals surface area contributed by atoms with E-state index in [-0.39, 0.29) is 5.91 Å². The fraction of sp³-hybridized carbons (Fsp3) is 0.765. The van der Waals surface area contributed by atoms with E-state index < -0.39 is 0 Å². The lowest BCUT2D eigenvalue weighted by molar-refractivity contribution is -0.128. The van der Waals surface area contributed by atoms with Crippen LogP contribution in [0.4, 0.5) is 0 Å². The Kier molecular flexibility index (Phi) is 5.02. The molecule has 1 amide bonds. The van der Waals surface area contributed by atoms with Gasteiger partial charge in [-0.15, -0.1) is 0 Å². The first kappa shape index (κ1) is 16.5. The molecule has 1 aromatic heterocycles. The van der Waals surface area contributed by atoms with Gasteiger partial charge in [0.25, 0.3) is 0 Å². The minimum atomic E-state index is 0.202. The van der Waals surface area contributed by atoms with Crippen LogP contribution in [0.1, 0.15) is 31.7 Å². The second kappa shape index (κ2) is 7.01.